The standard InChI is InChI=1S/C23H22FN3O2S/c1-15-7-5-8-16(2)19(15)13-17-10-6-12-21-22(17)26-23(27-30(21,28)29)25-14-18-9-3-4-11-20(18)24/h3-12H,13-14H2,1-2H3,(H2,25,26,27). The number of guanidine groups is 1. The summed E-state index contributed by atoms with van der Waals surface area (Å²) in [5.74, 6) is -0.295. The van der Waals surface area contributed by atoms with Crippen molar-refractivity contribution in [2.45, 2.75) is 31.7 Å². The van der Waals surface area contributed by atoms with E-state index < -0.39 is 10.0 Å². The quantitative estimate of drug-likeness (QED) is 0.658. The number of fused-ring (bicyclic) bond motifs is 1. The molecule has 1 aliphatic heterocycles. The fourth-order valence-electron chi connectivity index (χ4n) is 3.60. The molecule has 1 heterocycles. The number of hydrogen-bond donors (Lipinski definition) is 2. The summed E-state index contributed by atoms with van der Waals surface area (Å²) in [6, 6.07) is 17.6. The molecule has 7 heteroatoms. The predicted molar refractivity (Wildman–Crippen MR) is 117 cm³/mol. The van der Waals surface area contributed by atoms with Gasteiger partial charge in [0.1, 0.15) is 10.7 Å². The monoisotopic (exact) mass is 423 g/mol. The lowest BCUT2D eigenvalue weighted by Gasteiger charge is -2.24. The van der Waals surface area contributed by atoms with Crippen molar-refractivity contribution in [3.8, 4) is 0 Å². The van der Waals surface area contributed by atoms with Gasteiger partial charge in [-0.2, -0.15) is 0 Å². The van der Waals surface area contributed by atoms with Crippen molar-refractivity contribution in [2.75, 3.05) is 5.32 Å². The third-order valence-corrected chi connectivity index (χ3v) is 6.63. The molecule has 0 aliphatic carbocycles. The molecule has 4 rings (SSSR count). The zero-order chi connectivity index (χ0) is 21.3. The molecule has 0 spiro atoms. The van der Waals surface area contributed by atoms with Crippen molar-refractivity contribution in [1.82, 2.24) is 4.72 Å². The number of nitrogens with one attached hydrogen (secondary N) is 2. The van der Waals surface area contributed by atoms with Crippen LogP contribution in [0.15, 0.2) is 70.6 Å². The van der Waals surface area contributed by atoms with Crippen LogP contribution in [0.25, 0.3) is 0 Å². The molecule has 0 saturated carbocycles. The number of hydrogen-bond acceptors (Lipinski definition) is 3. The predicted octanol–water partition coefficient (Wildman–Crippen LogP) is 4.29. The number of halogens is 1. The van der Waals surface area contributed by atoms with E-state index in [2.05, 4.69) is 15.0 Å². The summed E-state index contributed by atoms with van der Waals surface area (Å²) in [5, 5.41) is 3.11. The molecule has 2 N–H and O–H groups in total. The van der Waals surface area contributed by atoms with E-state index in [1.807, 2.05) is 38.1 Å². The number of anilines is 1. The van der Waals surface area contributed by atoms with Gasteiger partial charge in [0.05, 0.1) is 12.2 Å². The van der Waals surface area contributed by atoms with E-state index in [0.29, 0.717) is 17.7 Å². The fraction of sp³-hybridized carbons (Fsp3) is 0.174. The molecule has 0 fully saturated rings. The van der Waals surface area contributed by atoms with Crippen molar-refractivity contribution in [3.05, 3.63) is 94.3 Å². The first-order valence-electron chi connectivity index (χ1n) is 9.60. The maximum atomic E-state index is 13.9. The maximum absolute atomic E-state index is 13.9. The molecule has 3 aromatic carbocycles. The molecule has 3 aromatic rings. The van der Waals surface area contributed by atoms with Gasteiger partial charge >= 0.3 is 0 Å². The van der Waals surface area contributed by atoms with Crippen molar-refractivity contribution in [2.24, 2.45) is 4.99 Å². The second-order valence-electron chi connectivity index (χ2n) is 7.32. The SMILES string of the molecule is Cc1cccc(C)c1Cc1cccc2c1NC(=NCc1ccccc1F)NS2(=O)=O. The summed E-state index contributed by atoms with van der Waals surface area (Å²) in [6.45, 7) is 4.11. The Labute approximate surface area is 175 Å². The lowest BCUT2D eigenvalue weighted by Crippen LogP contribution is -2.41. The van der Waals surface area contributed by atoms with Crippen LogP contribution >= 0.6 is 0 Å². The van der Waals surface area contributed by atoms with E-state index in [1.54, 1.807) is 30.3 Å². The second kappa shape index (κ2) is 7.91. The first-order chi connectivity index (χ1) is 14.3. The van der Waals surface area contributed by atoms with Gasteiger partial charge in [-0.15, -0.1) is 0 Å². The summed E-state index contributed by atoms with van der Waals surface area (Å²) in [5.41, 5.74) is 5.21. The summed E-state index contributed by atoms with van der Waals surface area (Å²) in [7, 11) is -3.78. The van der Waals surface area contributed by atoms with Crippen molar-refractivity contribution in [1.29, 1.82) is 0 Å². The topological polar surface area (TPSA) is 70.6 Å². The molecule has 0 bridgehead atoms. The minimum absolute atomic E-state index is 0.0198. The van der Waals surface area contributed by atoms with E-state index in [1.165, 1.54) is 6.07 Å². The van der Waals surface area contributed by atoms with Crippen LogP contribution in [-0.2, 0) is 23.0 Å². The summed E-state index contributed by atoms with van der Waals surface area (Å²) in [6.07, 6.45) is 0.588. The largest absolute Gasteiger partial charge is 0.324 e. The van der Waals surface area contributed by atoms with E-state index in [0.717, 1.165) is 22.3 Å². The summed E-state index contributed by atoms with van der Waals surface area (Å²) in [4.78, 5) is 4.44. The minimum Gasteiger partial charge on any atom is -0.324 e. The Morgan fingerprint density at radius 2 is 1.57 bits per heavy atom. The molecule has 0 radical (unpaired) electrons. The third kappa shape index (κ3) is 3.93. The highest BCUT2D eigenvalue weighted by atomic mass is 32.2. The van der Waals surface area contributed by atoms with Gasteiger partial charge in [0.2, 0.25) is 5.96 Å². The lowest BCUT2D eigenvalue weighted by molar-refractivity contribution is 0.591. The van der Waals surface area contributed by atoms with Crippen LogP contribution in [0.2, 0.25) is 0 Å². The highest BCUT2D eigenvalue weighted by molar-refractivity contribution is 7.90. The molecular weight excluding hydrogens is 401 g/mol. The first kappa shape index (κ1) is 20.1. The van der Waals surface area contributed by atoms with Gasteiger partial charge in [-0.3, -0.25) is 0 Å². The van der Waals surface area contributed by atoms with Crippen molar-refractivity contribution >= 4 is 21.7 Å². The van der Waals surface area contributed by atoms with E-state index >= 15 is 0 Å². The second-order valence-corrected chi connectivity index (χ2v) is 8.97. The number of benzene rings is 3. The van der Waals surface area contributed by atoms with E-state index in [4.69, 9.17) is 0 Å². The molecule has 0 unspecified atom stereocenters. The van der Waals surface area contributed by atoms with E-state index in [-0.39, 0.29) is 23.2 Å². The van der Waals surface area contributed by atoms with Gasteiger partial charge in [-0.1, -0.05) is 48.5 Å². The molecule has 30 heavy (non-hydrogen) atoms. The normalized spacial score (nSPS) is 15.9. The highest BCUT2D eigenvalue weighted by Crippen LogP contribution is 2.31. The molecular formula is C23H22FN3O2S. The molecule has 5 nitrogen and oxygen atoms in total. The van der Waals surface area contributed by atoms with Crippen LogP contribution in [0.5, 0.6) is 0 Å². The van der Waals surface area contributed by atoms with Crippen molar-refractivity contribution < 1.29 is 12.8 Å². The highest BCUT2D eigenvalue weighted by Gasteiger charge is 2.28. The van der Waals surface area contributed by atoms with Gasteiger partial charge in [-0.25, -0.2) is 22.5 Å². The van der Waals surface area contributed by atoms with Crippen LogP contribution in [0.4, 0.5) is 10.1 Å². The lowest BCUT2D eigenvalue weighted by atomic mass is 9.95. The average molecular weight is 424 g/mol. The van der Waals surface area contributed by atoms with Crippen LogP contribution in [0.1, 0.15) is 27.8 Å². The number of nitrogens with zero attached hydrogens (tertiary/aromatic N) is 1. The number of para-hydroxylation sites is 1. The Hall–Kier alpha value is -3.19. The molecule has 0 atom stereocenters. The van der Waals surface area contributed by atoms with Gasteiger partial charge in [-0.05, 0) is 48.2 Å². The molecule has 0 amide bonds. The van der Waals surface area contributed by atoms with E-state index in [9.17, 15) is 12.8 Å². The van der Waals surface area contributed by atoms with Gasteiger partial charge in [0.25, 0.3) is 10.0 Å². The Kier molecular flexibility index (Phi) is 5.30. The molecule has 154 valence electrons. The maximum Gasteiger partial charge on any atom is 0.266 e. The van der Waals surface area contributed by atoms with Crippen LogP contribution in [0.3, 0.4) is 0 Å². The molecule has 0 saturated heterocycles. The van der Waals surface area contributed by atoms with Crippen LogP contribution in [0, 0.1) is 19.7 Å². The Balaban J connectivity index is 1.71. The zero-order valence-electron chi connectivity index (χ0n) is 16.7. The number of sulfonamides is 1. The smallest absolute Gasteiger partial charge is 0.266 e. The fourth-order valence-corrected chi connectivity index (χ4v) is 4.79. The van der Waals surface area contributed by atoms with Gasteiger partial charge in [0.15, 0.2) is 0 Å². The van der Waals surface area contributed by atoms with Crippen LogP contribution in [-0.4, -0.2) is 14.4 Å². The summed E-state index contributed by atoms with van der Waals surface area (Å²) < 4.78 is 41.9. The number of rotatable bonds is 4. The third-order valence-electron chi connectivity index (χ3n) is 5.25. The number of aryl methyl sites for hydroxylation is 2. The van der Waals surface area contributed by atoms with Gasteiger partial charge < -0.3 is 5.32 Å². The Bertz CT molecular complexity index is 1230. The van der Waals surface area contributed by atoms with Crippen molar-refractivity contribution in [3.63, 3.8) is 0 Å². The Morgan fingerprint density at radius 3 is 2.30 bits per heavy atom. The number of aliphatic imine (C=N–C) groups is 1. The molecule has 1 aliphatic rings. The van der Waals surface area contributed by atoms with Crippen LogP contribution < -0.4 is 10.0 Å². The first-order valence-corrected chi connectivity index (χ1v) is 11.1. The zero-order valence-corrected chi connectivity index (χ0v) is 17.6. The Morgan fingerprint density at radius 1 is 0.900 bits per heavy atom. The average Bonchev–Trinajstić information content (AvgIpc) is 2.70. The van der Waals surface area contributed by atoms with Gasteiger partial charge in [0, 0.05) is 12.0 Å². The molecule has 0 aromatic heterocycles. The minimum atomic E-state index is -3.78. The summed E-state index contributed by atoms with van der Waals surface area (Å²) >= 11 is 0.